The van der Waals surface area contributed by atoms with E-state index in [2.05, 4.69) is 66.3 Å². The molecule has 0 unspecified atom stereocenters. The summed E-state index contributed by atoms with van der Waals surface area (Å²) in [6.07, 6.45) is 4.69. The molecule has 206 valence electrons. The molecule has 2 N–H and O–H groups in total. The zero-order valence-corrected chi connectivity index (χ0v) is 24.5. The standard InChI is InChI=1S/C26H37ClN8O2S/c1-25(2)14-20(15-26(3,4)33(25)5)30-23-21(27)17-29-24(32-23)31-19-7-8-22(18(13-19)16-28)34-9-11-35(12-10-34)38(6,36)37/h7-8,13,17,20H,9-12,14-15H2,1-6H3,(H2,29,30,31,32). The lowest BCUT2D eigenvalue weighted by molar-refractivity contribution is -0.00772. The molecule has 12 heteroatoms. The Labute approximate surface area is 231 Å². The zero-order chi connectivity index (χ0) is 27.9. The van der Waals surface area contributed by atoms with E-state index < -0.39 is 10.0 Å². The molecule has 0 amide bonds. The number of nitriles is 1. The number of nitrogens with one attached hydrogen (secondary N) is 2. The van der Waals surface area contributed by atoms with Gasteiger partial charge in [0.2, 0.25) is 16.0 Å². The Morgan fingerprint density at radius 2 is 1.74 bits per heavy atom. The van der Waals surface area contributed by atoms with E-state index in [1.165, 1.54) is 10.6 Å². The van der Waals surface area contributed by atoms with E-state index in [1.54, 1.807) is 12.3 Å². The van der Waals surface area contributed by atoms with E-state index in [1.807, 2.05) is 17.0 Å². The lowest BCUT2D eigenvalue weighted by Crippen LogP contribution is -2.61. The van der Waals surface area contributed by atoms with Crippen LogP contribution in [-0.2, 0) is 10.0 Å². The third-order valence-electron chi connectivity index (χ3n) is 7.81. The van der Waals surface area contributed by atoms with E-state index >= 15 is 0 Å². The first-order chi connectivity index (χ1) is 17.7. The minimum absolute atomic E-state index is 0.0207. The van der Waals surface area contributed by atoms with Crippen molar-refractivity contribution in [2.75, 3.05) is 55.0 Å². The van der Waals surface area contributed by atoms with Crippen LogP contribution in [0.2, 0.25) is 5.02 Å². The highest BCUT2D eigenvalue weighted by Crippen LogP contribution is 2.38. The molecule has 0 bridgehead atoms. The average molecular weight is 561 g/mol. The maximum atomic E-state index is 11.8. The summed E-state index contributed by atoms with van der Waals surface area (Å²) in [4.78, 5) is 13.4. The van der Waals surface area contributed by atoms with Crippen LogP contribution in [0.4, 0.5) is 23.1 Å². The van der Waals surface area contributed by atoms with Crippen molar-refractivity contribution in [2.24, 2.45) is 0 Å². The number of piperidine rings is 1. The summed E-state index contributed by atoms with van der Waals surface area (Å²) in [7, 11) is -1.04. The Hall–Kier alpha value is -2.65. The van der Waals surface area contributed by atoms with Gasteiger partial charge in [-0.15, -0.1) is 0 Å². The molecule has 38 heavy (non-hydrogen) atoms. The van der Waals surface area contributed by atoms with Crippen LogP contribution < -0.4 is 15.5 Å². The smallest absolute Gasteiger partial charge is 0.229 e. The molecule has 2 saturated heterocycles. The number of hydrogen-bond donors (Lipinski definition) is 2. The normalized spacial score (nSPS) is 20.6. The Bertz CT molecular complexity index is 1320. The number of sulfonamides is 1. The van der Waals surface area contributed by atoms with Crippen LogP contribution in [0, 0.1) is 11.3 Å². The fourth-order valence-electron chi connectivity index (χ4n) is 5.56. The van der Waals surface area contributed by atoms with Gasteiger partial charge in [0.1, 0.15) is 11.1 Å². The number of hydrogen-bond acceptors (Lipinski definition) is 9. The molecule has 2 aliphatic rings. The predicted molar refractivity (Wildman–Crippen MR) is 153 cm³/mol. The monoisotopic (exact) mass is 560 g/mol. The molecule has 10 nitrogen and oxygen atoms in total. The molecule has 3 heterocycles. The fraction of sp³-hybridized carbons (Fsp3) is 0.577. The lowest BCUT2D eigenvalue weighted by atomic mass is 9.77. The molecule has 2 aliphatic heterocycles. The van der Waals surface area contributed by atoms with Crippen molar-refractivity contribution in [3.05, 3.63) is 35.0 Å². The number of piperazine rings is 1. The van der Waals surface area contributed by atoms with Crippen LogP contribution in [0.25, 0.3) is 0 Å². The molecular formula is C26H37ClN8O2S. The van der Waals surface area contributed by atoms with Crippen molar-refractivity contribution >= 4 is 44.8 Å². The third-order valence-corrected chi connectivity index (χ3v) is 9.39. The second-order valence-electron chi connectivity index (χ2n) is 11.4. The molecule has 0 radical (unpaired) electrons. The Kier molecular flexibility index (Phi) is 7.83. The second kappa shape index (κ2) is 10.5. The molecule has 2 aromatic rings. The number of rotatable bonds is 6. The van der Waals surface area contributed by atoms with Gasteiger partial charge in [-0.3, -0.25) is 4.90 Å². The molecule has 4 rings (SSSR count). The SMILES string of the molecule is CN1C(C)(C)CC(Nc2nc(Nc3ccc(N4CCN(S(C)(=O)=O)CC4)c(C#N)c3)ncc2Cl)CC1(C)C. The number of benzene rings is 1. The number of nitrogens with zero attached hydrogens (tertiary/aromatic N) is 6. The van der Waals surface area contributed by atoms with E-state index in [0.717, 1.165) is 18.5 Å². The summed E-state index contributed by atoms with van der Waals surface area (Å²) in [6.45, 7) is 10.8. The largest absolute Gasteiger partial charge is 0.368 e. The minimum atomic E-state index is -3.22. The van der Waals surface area contributed by atoms with Gasteiger partial charge in [0.05, 0.1) is 23.7 Å². The third kappa shape index (κ3) is 6.15. The topological polar surface area (TPSA) is 117 Å². The number of halogens is 1. The summed E-state index contributed by atoms with van der Waals surface area (Å²) in [5.74, 6) is 0.952. The lowest BCUT2D eigenvalue weighted by Gasteiger charge is -2.53. The number of likely N-dealkylation sites (tertiary alicyclic amines) is 1. The van der Waals surface area contributed by atoms with E-state index in [9.17, 15) is 13.7 Å². The van der Waals surface area contributed by atoms with Crippen molar-refractivity contribution in [2.45, 2.75) is 57.7 Å². The van der Waals surface area contributed by atoms with Crippen molar-refractivity contribution < 1.29 is 8.42 Å². The molecule has 0 spiro atoms. The van der Waals surface area contributed by atoms with Gasteiger partial charge >= 0.3 is 0 Å². The fourth-order valence-corrected chi connectivity index (χ4v) is 6.54. The van der Waals surface area contributed by atoms with E-state index in [-0.39, 0.29) is 17.1 Å². The molecule has 1 aromatic carbocycles. The highest BCUT2D eigenvalue weighted by molar-refractivity contribution is 7.88. The van der Waals surface area contributed by atoms with Crippen LogP contribution >= 0.6 is 11.6 Å². The Balaban J connectivity index is 1.48. The quantitative estimate of drug-likeness (QED) is 0.542. The van der Waals surface area contributed by atoms with Crippen LogP contribution in [-0.4, -0.2) is 84.2 Å². The van der Waals surface area contributed by atoms with Gasteiger partial charge in [-0.2, -0.15) is 14.6 Å². The number of aromatic nitrogens is 2. The van der Waals surface area contributed by atoms with Gasteiger partial charge in [0.25, 0.3) is 0 Å². The summed E-state index contributed by atoms with van der Waals surface area (Å²) >= 11 is 6.47. The van der Waals surface area contributed by atoms with Crippen molar-refractivity contribution in [3.63, 3.8) is 0 Å². The first-order valence-electron chi connectivity index (χ1n) is 12.7. The van der Waals surface area contributed by atoms with Gasteiger partial charge in [0.15, 0.2) is 5.82 Å². The summed E-state index contributed by atoms with van der Waals surface area (Å²) in [5.41, 5.74) is 1.98. The van der Waals surface area contributed by atoms with E-state index in [0.29, 0.717) is 54.2 Å². The molecule has 0 atom stereocenters. The summed E-state index contributed by atoms with van der Waals surface area (Å²) in [6, 6.07) is 7.95. The van der Waals surface area contributed by atoms with Crippen LogP contribution in [0.1, 0.15) is 46.1 Å². The van der Waals surface area contributed by atoms with Crippen molar-refractivity contribution in [1.82, 2.24) is 19.2 Å². The second-order valence-corrected chi connectivity index (χ2v) is 13.8. The molecule has 0 saturated carbocycles. The van der Waals surface area contributed by atoms with E-state index in [4.69, 9.17) is 11.6 Å². The van der Waals surface area contributed by atoms with Gasteiger partial charge in [-0.25, -0.2) is 13.4 Å². The molecule has 2 fully saturated rings. The van der Waals surface area contributed by atoms with Gasteiger partial charge in [-0.1, -0.05) is 11.6 Å². The highest BCUT2D eigenvalue weighted by Gasteiger charge is 2.43. The first-order valence-corrected chi connectivity index (χ1v) is 15.0. The van der Waals surface area contributed by atoms with Crippen LogP contribution in [0.15, 0.2) is 24.4 Å². The number of anilines is 4. The van der Waals surface area contributed by atoms with Crippen molar-refractivity contribution in [1.29, 1.82) is 5.26 Å². The minimum Gasteiger partial charge on any atom is -0.368 e. The predicted octanol–water partition coefficient (Wildman–Crippen LogP) is 3.89. The van der Waals surface area contributed by atoms with Gasteiger partial charge in [0, 0.05) is 49.0 Å². The zero-order valence-electron chi connectivity index (χ0n) is 22.9. The Morgan fingerprint density at radius 3 is 2.32 bits per heavy atom. The first kappa shape index (κ1) is 28.4. The van der Waals surface area contributed by atoms with Gasteiger partial charge in [-0.05, 0) is 65.8 Å². The maximum absolute atomic E-state index is 11.8. The van der Waals surface area contributed by atoms with Crippen molar-refractivity contribution in [3.8, 4) is 6.07 Å². The van der Waals surface area contributed by atoms with Crippen LogP contribution in [0.3, 0.4) is 0 Å². The Morgan fingerprint density at radius 1 is 1.11 bits per heavy atom. The molecular weight excluding hydrogens is 524 g/mol. The van der Waals surface area contributed by atoms with Crippen LogP contribution in [0.5, 0.6) is 0 Å². The molecule has 0 aliphatic carbocycles. The van der Waals surface area contributed by atoms with Gasteiger partial charge < -0.3 is 15.5 Å². The average Bonchev–Trinajstić information content (AvgIpc) is 2.84. The molecule has 1 aromatic heterocycles. The maximum Gasteiger partial charge on any atom is 0.229 e. The summed E-state index contributed by atoms with van der Waals surface area (Å²) in [5, 5.41) is 17.0. The highest BCUT2D eigenvalue weighted by atomic mass is 35.5. The summed E-state index contributed by atoms with van der Waals surface area (Å²) < 4.78 is 25.1.